The van der Waals surface area contributed by atoms with E-state index in [0.29, 0.717) is 12.0 Å². The maximum absolute atomic E-state index is 8.80. The monoisotopic (exact) mass is 248 g/mol. The van der Waals surface area contributed by atoms with Gasteiger partial charge < -0.3 is 9.84 Å². The van der Waals surface area contributed by atoms with Crippen molar-refractivity contribution in [2.75, 3.05) is 6.61 Å². The van der Waals surface area contributed by atoms with Gasteiger partial charge in [0, 0.05) is 6.61 Å². The van der Waals surface area contributed by atoms with Crippen molar-refractivity contribution in [2.45, 2.75) is 51.6 Å². The molecule has 0 aliphatic heterocycles. The maximum Gasteiger partial charge on any atom is 0.119 e. The molecule has 1 aliphatic carbocycles. The largest absolute Gasteiger partial charge is 0.490 e. The number of aliphatic hydroxyl groups is 1. The van der Waals surface area contributed by atoms with Crippen molar-refractivity contribution in [3.63, 3.8) is 0 Å². The number of aliphatic hydroxyl groups excluding tert-OH is 1. The fourth-order valence-electron chi connectivity index (χ4n) is 2.65. The zero-order valence-electron chi connectivity index (χ0n) is 11.3. The maximum atomic E-state index is 8.80. The summed E-state index contributed by atoms with van der Waals surface area (Å²) in [6, 6.07) is 8.35. The summed E-state index contributed by atoms with van der Waals surface area (Å²) >= 11 is 0. The molecule has 1 N–H and O–H groups in total. The third-order valence-corrected chi connectivity index (χ3v) is 3.87. The van der Waals surface area contributed by atoms with Gasteiger partial charge in [0.15, 0.2) is 0 Å². The molecule has 2 nitrogen and oxygen atoms in total. The van der Waals surface area contributed by atoms with Crippen LogP contribution < -0.4 is 4.74 Å². The number of rotatable bonds is 5. The van der Waals surface area contributed by atoms with Crippen molar-refractivity contribution in [1.29, 1.82) is 0 Å². The van der Waals surface area contributed by atoms with Crippen LogP contribution >= 0.6 is 0 Å². The molecule has 0 bridgehead atoms. The molecule has 100 valence electrons. The molecule has 1 fully saturated rings. The van der Waals surface area contributed by atoms with Crippen LogP contribution in [0, 0.1) is 5.92 Å². The second-order valence-electron chi connectivity index (χ2n) is 5.39. The Balaban J connectivity index is 1.89. The normalized spacial score (nSPS) is 23.9. The van der Waals surface area contributed by atoms with Gasteiger partial charge >= 0.3 is 0 Å². The summed E-state index contributed by atoms with van der Waals surface area (Å²) < 4.78 is 6.08. The molecule has 0 spiro atoms. The number of hydrogen-bond acceptors (Lipinski definition) is 2. The lowest BCUT2D eigenvalue weighted by atomic mass is 9.88. The first-order valence-corrected chi connectivity index (χ1v) is 7.16. The van der Waals surface area contributed by atoms with Crippen LogP contribution in [0.2, 0.25) is 0 Å². The molecule has 0 heterocycles. The van der Waals surface area contributed by atoms with Crippen LogP contribution in [-0.4, -0.2) is 17.8 Å². The summed E-state index contributed by atoms with van der Waals surface area (Å²) in [6.07, 6.45) is 7.29. The third kappa shape index (κ3) is 3.74. The van der Waals surface area contributed by atoms with Gasteiger partial charge in [-0.1, -0.05) is 25.5 Å². The van der Waals surface area contributed by atoms with Crippen LogP contribution in [-0.2, 0) is 6.42 Å². The highest BCUT2D eigenvalue weighted by Crippen LogP contribution is 2.28. The number of benzene rings is 1. The van der Waals surface area contributed by atoms with E-state index < -0.39 is 0 Å². The lowest BCUT2D eigenvalue weighted by Crippen LogP contribution is -2.28. The van der Waals surface area contributed by atoms with Crippen molar-refractivity contribution in [1.82, 2.24) is 0 Å². The second kappa shape index (κ2) is 6.79. The van der Waals surface area contributed by atoms with E-state index in [9.17, 15) is 0 Å². The zero-order valence-corrected chi connectivity index (χ0v) is 11.3. The SMILES string of the molecule is C[C@@H]1CCCC[C@H]1Oc1ccc(CCCO)cc1. The van der Waals surface area contributed by atoms with Crippen molar-refractivity contribution in [2.24, 2.45) is 5.92 Å². The summed E-state index contributed by atoms with van der Waals surface area (Å²) in [5.74, 6) is 1.66. The van der Waals surface area contributed by atoms with Gasteiger partial charge in [-0.2, -0.15) is 0 Å². The molecule has 1 aliphatic rings. The molecular weight excluding hydrogens is 224 g/mol. The van der Waals surface area contributed by atoms with Crippen LogP contribution in [0.5, 0.6) is 5.75 Å². The fraction of sp³-hybridized carbons (Fsp3) is 0.625. The van der Waals surface area contributed by atoms with Crippen LogP contribution in [0.15, 0.2) is 24.3 Å². The Hall–Kier alpha value is -1.02. The molecule has 2 heteroatoms. The molecule has 1 saturated carbocycles. The Morgan fingerprint density at radius 1 is 1.17 bits per heavy atom. The smallest absolute Gasteiger partial charge is 0.119 e. The Morgan fingerprint density at radius 2 is 1.89 bits per heavy atom. The first kappa shape index (κ1) is 13.4. The standard InChI is InChI=1S/C16H24O2/c1-13-5-2-3-7-16(13)18-15-10-8-14(9-11-15)6-4-12-17/h8-11,13,16-17H,2-7,12H2,1H3/t13-,16-/m1/s1. The van der Waals surface area contributed by atoms with E-state index in [0.717, 1.165) is 18.6 Å². The lowest BCUT2D eigenvalue weighted by Gasteiger charge is -2.29. The van der Waals surface area contributed by atoms with E-state index in [-0.39, 0.29) is 6.61 Å². The Morgan fingerprint density at radius 3 is 2.56 bits per heavy atom. The molecule has 0 unspecified atom stereocenters. The van der Waals surface area contributed by atoms with Crippen LogP contribution in [0.1, 0.15) is 44.6 Å². The molecular formula is C16H24O2. The molecule has 0 amide bonds. The fourth-order valence-corrected chi connectivity index (χ4v) is 2.65. The molecule has 2 atom stereocenters. The number of aryl methyl sites for hydroxylation is 1. The summed E-state index contributed by atoms with van der Waals surface area (Å²) in [5.41, 5.74) is 1.27. The van der Waals surface area contributed by atoms with Gasteiger partial charge in [0.25, 0.3) is 0 Å². The summed E-state index contributed by atoms with van der Waals surface area (Å²) in [6.45, 7) is 2.55. The molecule has 18 heavy (non-hydrogen) atoms. The summed E-state index contributed by atoms with van der Waals surface area (Å²) in [7, 11) is 0. The van der Waals surface area contributed by atoms with Crippen LogP contribution in [0.3, 0.4) is 0 Å². The van der Waals surface area contributed by atoms with Gasteiger partial charge in [-0.25, -0.2) is 0 Å². The predicted octanol–water partition coefficient (Wildman–Crippen LogP) is 3.57. The van der Waals surface area contributed by atoms with Crippen LogP contribution in [0.4, 0.5) is 0 Å². The van der Waals surface area contributed by atoms with Gasteiger partial charge in [0.05, 0.1) is 0 Å². The van der Waals surface area contributed by atoms with Gasteiger partial charge in [0.1, 0.15) is 11.9 Å². The van der Waals surface area contributed by atoms with E-state index in [2.05, 4.69) is 31.2 Å². The predicted molar refractivity (Wildman–Crippen MR) is 73.9 cm³/mol. The minimum absolute atomic E-state index is 0.262. The molecule has 0 radical (unpaired) electrons. The van der Waals surface area contributed by atoms with E-state index in [1.165, 1.54) is 31.2 Å². The molecule has 0 aromatic heterocycles. The summed E-state index contributed by atoms with van der Waals surface area (Å²) in [4.78, 5) is 0. The highest BCUT2D eigenvalue weighted by atomic mass is 16.5. The molecule has 1 aromatic carbocycles. The van der Waals surface area contributed by atoms with E-state index in [1.54, 1.807) is 0 Å². The van der Waals surface area contributed by atoms with E-state index in [4.69, 9.17) is 9.84 Å². The lowest BCUT2D eigenvalue weighted by molar-refractivity contribution is 0.102. The molecule has 1 aromatic rings. The first-order chi connectivity index (χ1) is 8.79. The van der Waals surface area contributed by atoms with Crippen molar-refractivity contribution in [3.05, 3.63) is 29.8 Å². The highest BCUT2D eigenvalue weighted by Gasteiger charge is 2.22. The van der Waals surface area contributed by atoms with Gasteiger partial charge in [0.2, 0.25) is 0 Å². The summed E-state index contributed by atoms with van der Waals surface area (Å²) in [5, 5.41) is 8.80. The van der Waals surface area contributed by atoms with Crippen molar-refractivity contribution >= 4 is 0 Å². The molecule has 2 rings (SSSR count). The molecule has 0 saturated heterocycles. The van der Waals surface area contributed by atoms with Gasteiger partial charge in [-0.3, -0.25) is 0 Å². The van der Waals surface area contributed by atoms with Gasteiger partial charge in [-0.05, 0) is 55.7 Å². The quantitative estimate of drug-likeness (QED) is 0.863. The number of ether oxygens (including phenoxy) is 1. The second-order valence-corrected chi connectivity index (χ2v) is 5.39. The minimum atomic E-state index is 0.262. The Labute approximate surface area is 110 Å². The highest BCUT2D eigenvalue weighted by molar-refractivity contribution is 5.27. The van der Waals surface area contributed by atoms with Crippen LogP contribution in [0.25, 0.3) is 0 Å². The third-order valence-electron chi connectivity index (χ3n) is 3.87. The first-order valence-electron chi connectivity index (χ1n) is 7.16. The van der Waals surface area contributed by atoms with Gasteiger partial charge in [-0.15, -0.1) is 0 Å². The minimum Gasteiger partial charge on any atom is -0.490 e. The Bertz CT molecular complexity index is 345. The zero-order chi connectivity index (χ0) is 12.8. The van der Waals surface area contributed by atoms with E-state index in [1.807, 2.05) is 0 Å². The Kier molecular flexibility index (Phi) is 5.06. The average molecular weight is 248 g/mol. The average Bonchev–Trinajstić information content (AvgIpc) is 2.41. The topological polar surface area (TPSA) is 29.5 Å². The number of hydrogen-bond donors (Lipinski definition) is 1. The van der Waals surface area contributed by atoms with E-state index >= 15 is 0 Å². The van der Waals surface area contributed by atoms with Crippen molar-refractivity contribution < 1.29 is 9.84 Å². The van der Waals surface area contributed by atoms with Crippen molar-refractivity contribution in [3.8, 4) is 5.75 Å².